The lowest BCUT2D eigenvalue weighted by molar-refractivity contribution is 0.0990. The molecule has 2 aromatic heterocycles. The van der Waals surface area contributed by atoms with Crippen molar-refractivity contribution < 1.29 is 9.53 Å². The molecular weight excluding hydrogens is 418 g/mol. The summed E-state index contributed by atoms with van der Waals surface area (Å²) >= 11 is 0. The second-order valence-corrected chi connectivity index (χ2v) is 8.98. The Kier molecular flexibility index (Phi) is 5.70. The summed E-state index contributed by atoms with van der Waals surface area (Å²) in [5.41, 5.74) is 8.33. The Balaban J connectivity index is 1.24. The molecule has 9 heteroatoms. The van der Waals surface area contributed by atoms with E-state index in [-0.39, 0.29) is 23.2 Å². The number of rotatable bonds is 4. The average Bonchev–Trinajstić information content (AvgIpc) is 3.03. The average molecular weight is 448 g/mol. The van der Waals surface area contributed by atoms with Crippen molar-refractivity contribution >= 4 is 17.4 Å². The van der Waals surface area contributed by atoms with Gasteiger partial charge in [0, 0.05) is 19.2 Å². The summed E-state index contributed by atoms with van der Waals surface area (Å²) < 4.78 is 7.72. The van der Waals surface area contributed by atoms with Crippen molar-refractivity contribution in [2.24, 2.45) is 13.0 Å². The van der Waals surface area contributed by atoms with Crippen molar-refractivity contribution in [3.8, 4) is 5.88 Å². The van der Waals surface area contributed by atoms with Crippen LogP contribution in [0.2, 0.25) is 0 Å². The van der Waals surface area contributed by atoms with E-state index in [1.165, 1.54) is 37.6 Å². The van der Waals surface area contributed by atoms with Crippen LogP contribution >= 0.6 is 0 Å². The Bertz CT molecular complexity index is 1150. The summed E-state index contributed by atoms with van der Waals surface area (Å²) in [6, 6.07) is 8.34. The molecule has 0 unspecified atom stereocenters. The molecule has 2 N–H and O–H groups in total. The number of nitrogen functional groups attached to an aromatic ring is 1. The van der Waals surface area contributed by atoms with Gasteiger partial charge in [-0.25, -0.2) is 9.97 Å². The third kappa shape index (κ3) is 4.15. The predicted octanol–water partition coefficient (Wildman–Crippen LogP) is 3.05. The van der Waals surface area contributed by atoms with Gasteiger partial charge in [-0.05, 0) is 62.1 Å². The van der Waals surface area contributed by atoms with Crippen molar-refractivity contribution in [2.45, 2.75) is 44.9 Å². The molecule has 3 heterocycles. The quantitative estimate of drug-likeness (QED) is 0.654. The maximum atomic E-state index is 13.1. The highest BCUT2D eigenvalue weighted by atomic mass is 16.5. The third-order valence-electron chi connectivity index (χ3n) is 7.03. The fourth-order valence-corrected chi connectivity index (χ4v) is 4.92. The molecule has 0 spiro atoms. The summed E-state index contributed by atoms with van der Waals surface area (Å²) in [6.07, 6.45) is 7.02. The minimum Gasteiger partial charge on any atom is -0.475 e. The summed E-state index contributed by atoms with van der Waals surface area (Å²) in [5.74, 6) is 3.41. The number of amides is 1. The molecule has 1 aliphatic heterocycles. The molecule has 0 radical (unpaired) electrons. The zero-order chi connectivity index (χ0) is 22.9. The monoisotopic (exact) mass is 447 g/mol. The number of hydrogen-bond donors (Lipinski definition) is 1. The standard InChI is InChI=1S/C24H29N7O2/c1-15-28-29-20(30(15)2)13-16-3-5-17(6-4-16)18-7-9-19(10-8-18)31-11-12-33-23-21(24(31)32)22(25)26-14-27-23/h7-10,14,16-17H,3-6,11-13H2,1-2H3,(H2,25,26,27). The molecule has 0 bridgehead atoms. The van der Waals surface area contributed by atoms with E-state index in [0.717, 1.165) is 23.8 Å². The molecule has 2 aliphatic rings. The first-order valence-corrected chi connectivity index (χ1v) is 11.5. The summed E-state index contributed by atoms with van der Waals surface area (Å²) in [4.78, 5) is 22.8. The van der Waals surface area contributed by atoms with Crippen LogP contribution < -0.4 is 15.4 Å². The molecule has 172 valence electrons. The largest absolute Gasteiger partial charge is 0.475 e. The summed E-state index contributed by atoms with van der Waals surface area (Å²) in [5, 5.41) is 8.51. The smallest absolute Gasteiger partial charge is 0.267 e. The van der Waals surface area contributed by atoms with Crippen LogP contribution in [0.3, 0.4) is 0 Å². The molecule has 5 rings (SSSR count). The molecule has 3 aromatic rings. The van der Waals surface area contributed by atoms with Crippen LogP contribution in [0, 0.1) is 12.8 Å². The normalized spacial score (nSPS) is 20.8. The van der Waals surface area contributed by atoms with E-state index in [1.807, 2.05) is 26.1 Å². The number of nitrogens with zero attached hydrogens (tertiary/aromatic N) is 6. The second kappa shape index (κ2) is 8.80. The number of fused-ring (bicyclic) bond motifs is 1. The summed E-state index contributed by atoms with van der Waals surface area (Å²) in [6.45, 7) is 2.78. The SMILES string of the molecule is Cc1nnc(CC2CCC(c3ccc(N4CCOc5ncnc(N)c5C4=O)cc3)CC2)n1C. The van der Waals surface area contributed by atoms with Crippen molar-refractivity contribution in [1.82, 2.24) is 24.7 Å². The maximum Gasteiger partial charge on any atom is 0.267 e. The zero-order valence-corrected chi connectivity index (χ0v) is 19.1. The minimum absolute atomic E-state index is 0.141. The lowest BCUT2D eigenvalue weighted by Crippen LogP contribution is -2.32. The highest BCUT2D eigenvalue weighted by Gasteiger charge is 2.29. The Morgan fingerprint density at radius 1 is 1.09 bits per heavy atom. The number of aromatic nitrogens is 5. The molecule has 1 aromatic carbocycles. The molecular formula is C24H29N7O2. The van der Waals surface area contributed by atoms with Crippen molar-refractivity contribution in [2.75, 3.05) is 23.8 Å². The van der Waals surface area contributed by atoms with Gasteiger partial charge < -0.3 is 19.9 Å². The van der Waals surface area contributed by atoms with Crippen LogP contribution in [-0.2, 0) is 13.5 Å². The lowest BCUT2D eigenvalue weighted by atomic mass is 9.77. The van der Waals surface area contributed by atoms with E-state index >= 15 is 0 Å². The third-order valence-corrected chi connectivity index (χ3v) is 7.03. The lowest BCUT2D eigenvalue weighted by Gasteiger charge is -2.29. The van der Waals surface area contributed by atoms with E-state index < -0.39 is 0 Å². The van der Waals surface area contributed by atoms with Crippen LogP contribution in [0.15, 0.2) is 30.6 Å². The Morgan fingerprint density at radius 3 is 2.55 bits per heavy atom. The van der Waals surface area contributed by atoms with Crippen LogP contribution in [0.5, 0.6) is 5.88 Å². The molecule has 0 saturated heterocycles. The van der Waals surface area contributed by atoms with Crippen LogP contribution in [0.4, 0.5) is 11.5 Å². The highest BCUT2D eigenvalue weighted by Crippen LogP contribution is 2.38. The fourth-order valence-electron chi connectivity index (χ4n) is 4.92. The van der Waals surface area contributed by atoms with E-state index in [1.54, 1.807) is 4.90 Å². The number of ether oxygens (including phenoxy) is 1. The first-order chi connectivity index (χ1) is 16.0. The Morgan fingerprint density at radius 2 is 1.85 bits per heavy atom. The Labute approximate surface area is 193 Å². The van der Waals surface area contributed by atoms with Gasteiger partial charge >= 0.3 is 0 Å². The summed E-state index contributed by atoms with van der Waals surface area (Å²) in [7, 11) is 2.04. The zero-order valence-electron chi connectivity index (χ0n) is 19.1. The molecule has 33 heavy (non-hydrogen) atoms. The van der Waals surface area contributed by atoms with E-state index in [9.17, 15) is 4.79 Å². The van der Waals surface area contributed by atoms with Gasteiger partial charge in [0.05, 0.1) is 6.54 Å². The highest BCUT2D eigenvalue weighted by molar-refractivity contribution is 6.10. The van der Waals surface area contributed by atoms with Gasteiger partial charge in [0.25, 0.3) is 5.91 Å². The predicted molar refractivity (Wildman–Crippen MR) is 124 cm³/mol. The van der Waals surface area contributed by atoms with E-state index in [4.69, 9.17) is 10.5 Å². The van der Waals surface area contributed by atoms with E-state index in [2.05, 4.69) is 36.9 Å². The molecule has 1 amide bonds. The van der Waals surface area contributed by atoms with Gasteiger partial charge in [-0.2, -0.15) is 0 Å². The van der Waals surface area contributed by atoms with Gasteiger partial charge in [-0.15, -0.1) is 10.2 Å². The van der Waals surface area contributed by atoms with Gasteiger partial charge in [0.1, 0.15) is 36.0 Å². The number of anilines is 2. The molecule has 1 saturated carbocycles. The second-order valence-electron chi connectivity index (χ2n) is 8.98. The fraction of sp³-hybridized carbons (Fsp3) is 0.458. The van der Waals surface area contributed by atoms with Crippen molar-refractivity contribution in [3.05, 3.63) is 53.4 Å². The molecule has 1 aliphatic carbocycles. The van der Waals surface area contributed by atoms with Crippen LogP contribution in [-0.4, -0.2) is 43.8 Å². The number of carbonyl (C=O) groups is 1. The number of aryl methyl sites for hydroxylation is 1. The van der Waals surface area contributed by atoms with Gasteiger partial charge in [0.2, 0.25) is 5.88 Å². The van der Waals surface area contributed by atoms with Crippen molar-refractivity contribution in [3.63, 3.8) is 0 Å². The first-order valence-electron chi connectivity index (χ1n) is 11.5. The number of nitrogens with two attached hydrogens (primary N) is 1. The van der Waals surface area contributed by atoms with Gasteiger partial charge in [-0.1, -0.05) is 12.1 Å². The van der Waals surface area contributed by atoms with Gasteiger partial charge in [0.15, 0.2) is 0 Å². The molecule has 1 fully saturated rings. The Hall–Kier alpha value is -3.49. The number of hydrogen-bond acceptors (Lipinski definition) is 7. The van der Waals surface area contributed by atoms with Crippen LogP contribution in [0.25, 0.3) is 0 Å². The van der Waals surface area contributed by atoms with E-state index in [0.29, 0.717) is 25.0 Å². The molecule has 0 atom stereocenters. The number of benzene rings is 1. The number of carbonyl (C=O) groups excluding carboxylic acids is 1. The topological polar surface area (TPSA) is 112 Å². The van der Waals surface area contributed by atoms with Crippen LogP contribution in [0.1, 0.15) is 59.2 Å². The minimum atomic E-state index is -0.229. The molecule has 9 nitrogen and oxygen atoms in total. The first kappa shape index (κ1) is 21.4. The van der Waals surface area contributed by atoms with Crippen molar-refractivity contribution in [1.29, 1.82) is 0 Å². The van der Waals surface area contributed by atoms with Gasteiger partial charge in [-0.3, -0.25) is 4.79 Å². The maximum absolute atomic E-state index is 13.1.